The van der Waals surface area contributed by atoms with Crippen molar-refractivity contribution in [1.29, 1.82) is 0 Å². The molecule has 0 heterocycles. The molecular formula is C10H9BrClIO. The monoisotopic (exact) mass is 386 g/mol. The van der Waals surface area contributed by atoms with Crippen molar-refractivity contribution in [2.45, 2.75) is 17.6 Å². The maximum Gasteiger partial charge on any atom is 0.147 e. The fourth-order valence-electron chi connectivity index (χ4n) is 1.09. The summed E-state index contributed by atoms with van der Waals surface area (Å²) in [5, 5.41) is 0. The van der Waals surface area contributed by atoms with Gasteiger partial charge < -0.3 is 0 Å². The van der Waals surface area contributed by atoms with E-state index in [1.807, 2.05) is 18.2 Å². The Kier molecular flexibility index (Phi) is 4.87. The van der Waals surface area contributed by atoms with Crippen molar-refractivity contribution in [2.24, 2.45) is 0 Å². The summed E-state index contributed by atoms with van der Waals surface area (Å²) in [6, 6.07) is 5.89. The van der Waals surface area contributed by atoms with Crippen molar-refractivity contribution in [1.82, 2.24) is 0 Å². The molecule has 0 aromatic heterocycles. The molecule has 1 atom stereocenters. The first-order valence-corrected chi connectivity index (χ1v) is 6.58. The first-order valence-electron chi connectivity index (χ1n) is 4.05. The van der Waals surface area contributed by atoms with Crippen LogP contribution in [0.5, 0.6) is 0 Å². The smallest absolute Gasteiger partial charge is 0.147 e. The van der Waals surface area contributed by atoms with Crippen LogP contribution in [-0.2, 0) is 10.7 Å². The Morgan fingerprint density at radius 1 is 1.64 bits per heavy atom. The molecule has 1 unspecified atom stereocenters. The van der Waals surface area contributed by atoms with Crippen molar-refractivity contribution < 1.29 is 4.79 Å². The summed E-state index contributed by atoms with van der Waals surface area (Å²) < 4.78 is 1.13. The molecule has 0 radical (unpaired) electrons. The Morgan fingerprint density at radius 2 is 2.29 bits per heavy atom. The molecule has 0 N–H and O–H groups in total. The molecule has 1 aromatic rings. The van der Waals surface area contributed by atoms with E-state index in [2.05, 4.69) is 38.5 Å². The maximum atomic E-state index is 11.1. The number of carbonyl (C=O) groups is 1. The Labute approximate surface area is 110 Å². The number of carbonyl (C=O) groups excluding carboxylic acids is 1. The average Bonchev–Trinajstić information content (AvgIpc) is 2.17. The van der Waals surface area contributed by atoms with Crippen LogP contribution in [0.4, 0.5) is 0 Å². The average molecular weight is 387 g/mol. The summed E-state index contributed by atoms with van der Waals surface area (Å²) in [5.74, 6) is 0.579. The number of hydrogen-bond acceptors (Lipinski definition) is 1. The molecule has 0 saturated carbocycles. The molecule has 14 heavy (non-hydrogen) atoms. The van der Waals surface area contributed by atoms with Crippen molar-refractivity contribution in [2.75, 3.05) is 0 Å². The van der Waals surface area contributed by atoms with Crippen LogP contribution in [0.3, 0.4) is 0 Å². The zero-order valence-electron chi connectivity index (χ0n) is 7.56. The van der Waals surface area contributed by atoms with Gasteiger partial charge in [-0.2, -0.15) is 0 Å². The molecule has 1 rings (SSSR count). The molecule has 0 spiro atoms. The molecule has 0 fully saturated rings. The Balaban J connectivity index is 3.06. The molecule has 1 aromatic carbocycles. The van der Waals surface area contributed by atoms with E-state index in [0.29, 0.717) is 5.88 Å². The van der Waals surface area contributed by atoms with Crippen molar-refractivity contribution in [3.05, 3.63) is 32.9 Å². The largest absolute Gasteiger partial charge is 0.298 e. The van der Waals surface area contributed by atoms with Gasteiger partial charge in [0.15, 0.2) is 0 Å². The van der Waals surface area contributed by atoms with Crippen LogP contribution in [0, 0.1) is 3.57 Å². The Morgan fingerprint density at radius 3 is 2.79 bits per heavy atom. The number of Topliss-reactive ketones (excluding diaryl/α,β-unsaturated/α-hetero) is 1. The van der Waals surface area contributed by atoms with Gasteiger partial charge in [0.1, 0.15) is 5.78 Å². The molecule has 0 amide bonds. The van der Waals surface area contributed by atoms with E-state index < -0.39 is 0 Å². The lowest BCUT2D eigenvalue weighted by atomic mass is 10.1. The van der Waals surface area contributed by atoms with Crippen LogP contribution in [0.25, 0.3) is 0 Å². The number of ketones is 1. The minimum Gasteiger partial charge on any atom is -0.298 e. The van der Waals surface area contributed by atoms with Gasteiger partial charge in [-0.05, 0) is 46.7 Å². The van der Waals surface area contributed by atoms with Gasteiger partial charge in [-0.1, -0.05) is 28.1 Å². The molecule has 0 aliphatic rings. The van der Waals surface area contributed by atoms with Gasteiger partial charge in [0.05, 0.1) is 4.83 Å². The molecule has 0 saturated heterocycles. The third kappa shape index (κ3) is 2.94. The van der Waals surface area contributed by atoms with E-state index in [1.165, 1.54) is 0 Å². The number of benzene rings is 1. The molecular weight excluding hydrogens is 378 g/mol. The second kappa shape index (κ2) is 5.47. The molecule has 1 nitrogen and oxygen atoms in total. The first kappa shape index (κ1) is 12.5. The first-order chi connectivity index (χ1) is 6.56. The summed E-state index contributed by atoms with van der Waals surface area (Å²) in [4.78, 5) is 10.9. The highest BCUT2D eigenvalue weighted by molar-refractivity contribution is 14.1. The Bertz CT molecular complexity index is 354. The second-order valence-electron chi connectivity index (χ2n) is 2.96. The van der Waals surface area contributed by atoms with E-state index in [1.54, 1.807) is 6.92 Å². The summed E-state index contributed by atoms with van der Waals surface area (Å²) in [6.07, 6.45) is 0. The molecule has 76 valence electrons. The van der Waals surface area contributed by atoms with Crippen LogP contribution in [0.1, 0.15) is 22.9 Å². The van der Waals surface area contributed by atoms with Gasteiger partial charge >= 0.3 is 0 Å². The van der Waals surface area contributed by atoms with Crippen LogP contribution < -0.4 is 0 Å². The van der Waals surface area contributed by atoms with Crippen LogP contribution >= 0.6 is 50.1 Å². The van der Waals surface area contributed by atoms with Gasteiger partial charge in [0, 0.05) is 9.45 Å². The fourth-order valence-corrected chi connectivity index (χ4v) is 2.35. The van der Waals surface area contributed by atoms with E-state index in [-0.39, 0.29) is 10.6 Å². The van der Waals surface area contributed by atoms with E-state index in [4.69, 9.17) is 11.6 Å². The normalized spacial score (nSPS) is 12.6. The van der Waals surface area contributed by atoms with E-state index in [9.17, 15) is 4.79 Å². The quantitative estimate of drug-likeness (QED) is 0.565. The Hall–Kier alpha value is 0.390. The van der Waals surface area contributed by atoms with E-state index >= 15 is 0 Å². The highest BCUT2D eigenvalue weighted by atomic mass is 127. The summed E-state index contributed by atoms with van der Waals surface area (Å²) in [6.45, 7) is 1.57. The maximum absolute atomic E-state index is 11.1. The van der Waals surface area contributed by atoms with Crippen molar-refractivity contribution in [3.63, 3.8) is 0 Å². The highest BCUT2D eigenvalue weighted by Gasteiger charge is 2.13. The zero-order valence-corrected chi connectivity index (χ0v) is 12.1. The minimum atomic E-state index is -0.221. The molecule has 0 bridgehead atoms. The van der Waals surface area contributed by atoms with E-state index in [0.717, 1.165) is 14.7 Å². The predicted molar refractivity (Wildman–Crippen MR) is 71.1 cm³/mol. The SMILES string of the molecule is CC(=O)C(Br)c1ccc(I)c(CCl)c1. The zero-order chi connectivity index (χ0) is 10.7. The topological polar surface area (TPSA) is 17.1 Å². The standard InChI is InChI=1S/C10H9BrClIO/c1-6(14)10(11)7-2-3-9(13)8(4-7)5-12/h2-4,10H,5H2,1H3. The lowest BCUT2D eigenvalue weighted by Crippen LogP contribution is -2.01. The molecule has 4 heteroatoms. The third-order valence-corrected chi connectivity index (χ3v) is 4.38. The van der Waals surface area contributed by atoms with Crippen LogP contribution in [0.15, 0.2) is 18.2 Å². The third-order valence-electron chi connectivity index (χ3n) is 1.86. The highest BCUT2D eigenvalue weighted by Crippen LogP contribution is 2.26. The lowest BCUT2D eigenvalue weighted by Gasteiger charge is -2.08. The summed E-state index contributed by atoms with van der Waals surface area (Å²) in [7, 11) is 0. The van der Waals surface area contributed by atoms with Gasteiger partial charge in [0.2, 0.25) is 0 Å². The number of halogens is 3. The van der Waals surface area contributed by atoms with Crippen LogP contribution in [-0.4, -0.2) is 5.78 Å². The van der Waals surface area contributed by atoms with Crippen LogP contribution in [0.2, 0.25) is 0 Å². The predicted octanol–water partition coefficient (Wildman–Crippen LogP) is 4.06. The van der Waals surface area contributed by atoms with Gasteiger partial charge in [-0.25, -0.2) is 0 Å². The van der Waals surface area contributed by atoms with Gasteiger partial charge in [0.25, 0.3) is 0 Å². The summed E-state index contributed by atoms with van der Waals surface area (Å²) in [5.41, 5.74) is 2.03. The molecule has 0 aliphatic heterocycles. The molecule has 0 aliphatic carbocycles. The van der Waals surface area contributed by atoms with Crippen molar-refractivity contribution >= 4 is 55.9 Å². The number of rotatable bonds is 3. The van der Waals surface area contributed by atoms with Crippen molar-refractivity contribution in [3.8, 4) is 0 Å². The van der Waals surface area contributed by atoms with Gasteiger partial charge in [-0.15, -0.1) is 11.6 Å². The second-order valence-corrected chi connectivity index (χ2v) is 5.30. The lowest BCUT2D eigenvalue weighted by molar-refractivity contribution is -0.116. The number of alkyl halides is 2. The number of hydrogen-bond donors (Lipinski definition) is 0. The fraction of sp³-hybridized carbons (Fsp3) is 0.300. The van der Waals surface area contributed by atoms with Gasteiger partial charge in [-0.3, -0.25) is 4.79 Å². The minimum absolute atomic E-state index is 0.103. The summed E-state index contributed by atoms with van der Waals surface area (Å²) >= 11 is 11.4.